The SMILES string of the molecule is Cn1cc(S(N)(=O)=O)cc1C(=O)N1CCNC(=O)CC1. The van der Waals surface area contributed by atoms with E-state index in [-0.39, 0.29) is 28.8 Å². The molecule has 1 saturated heterocycles. The molecule has 0 aromatic carbocycles. The van der Waals surface area contributed by atoms with Gasteiger partial charge in [-0.25, -0.2) is 13.6 Å². The largest absolute Gasteiger partial charge is 0.354 e. The summed E-state index contributed by atoms with van der Waals surface area (Å²) in [4.78, 5) is 25.0. The van der Waals surface area contributed by atoms with Gasteiger partial charge < -0.3 is 14.8 Å². The molecule has 1 fully saturated rings. The number of primary sulfonamides is 1. The van der Waals surface area contributed by atoms with Crippen molar-refractivity contribution >= 4 is 21.8 Å². The lowest BCUT2D eigenvalue weighted by Crippen LogP contribution is -2.35. The molecule has 1 aliphatic rings. The van der Waals surface area contributed by atoms with E-state index >= 15 is 0 Å². The van der Waals surface area contributed by atoms with E-state index in [0.29, 0.717) is 19.6 Å². The Hall–Kier alpha value is -1.87. The summed E-state index contributed by atoms with van der Waals surface area (Å²) in [6.45, 7) is 1.08. The first-order valence-electron chi connectivity index (χ1n) is 6.04. The number of nitrogens with one attached hydrogen (secondary N) is 1. The number of hydrogen-bond donors (Lipinski definition) is 2. The van der Waals surface area contributed by atoms with E-state index in [0.717, 1.165) is 0 Å². The van der Waals surface area contributed by atoms with Gasteiger partial charge in [-0.2, -0.15) is 0 Å². The van der Waals surface area contributed by atoms with Gasteiger partial charge in [-0.1, -0.05) is 0 Å². The Balaban J connectivity index is 2.25. The number of aryl methyl sites for hydroxylation is 1. The van der Waals surface area contributed by atoms with Crippen LogP contribution in [0.25, 0.3) is 0 Å². The quantitative estimate of drug-likeness (QED) is 0.701. The summed E-state index contributed by atoms with van der Waals surface area (Å²) in [6, 6.07) is 1.25. The standard InChI is InChI=1S/C11H16N4O4S/c1-14-7-8(20(12,18)19)6-9(14)11(17)15-4-2-10(16)13-3-5-15/h6-7H,2-5H2,1H3,(H,13,16)(H2,12,18,19). The maximum Gasteiger partial charge on any atom is 0.270 e. The molecule has 0 saturated carbocycles. The lowest BCUT2D eigenvalue weighted by Gasteiger charge is -2.19. The summed E-state index contributed by atoms with van der Waals surface area (Å²) < 4.78 is 24.0. The van der Waals surface area contributed by atoms with Crippen LogP contribution in [0, 0.1) is 0 Å². The molecular formula is C11H16N4O4S. The van der Waals surface area contributed by atoms with Crippen LogP contribution in [0.1, 0.15) is 16.9 Å². The van der Waals surface area contributed by atoms with Crippen LogP contribution in [0.15, 0.2) is 17.2 Å². The first kappa shape index (κ1) is 14.5. The minimum Gasteiger partial charge on any atom is -0.354 e. The van der Waals surface area contributed by atoms with Crippen LogP contribution in [0.2, 0.25) is 0 Å². The molecule has 0 atom stereocenters. The van der Waals surface area contributed by atoms with Gasteiger partial charge in [0.05, 0.1) is 0 Å². The Morgan fingerprint density at radius 1 is 1.40 bits per heavy atom. The van der Waals surface area contributed by atoms with Gasteiger partial charge in [-0.05, 0) is 6.07 Å². The van der Waals surface area contributed by atoms with Crippen LogP contribution in [0.4, 0.5) is 0 Å². The van der Waals surface area contributed by atoms with Crippen LogP contribution in [-0.4, -0.2) is 49.3 Å². The molecule has 110 valence electrons. The van der Waals surface area contributed by atoms with Crippen molar-refractivity contribution in [1.82, 2.24) is 14.8 Å². The lowest BCUT2D eigenvalue weighted by atomic mass is 10.3. The third-order valence-electron chi connectivity index (χ3n) is 3.13. The molecular weight excluding hydrogens is 284 g/mol. The van der Waals surface area contributed by atoms with Crippen LogP contribution >= 0.6 is 0 Å². The van der Waals surface area contributed by atoms with E-state index in [9.17, 15) is 18.0 Å². The number of nitrogens with zero attached hydrogens (tertiary/aromatic N) is 2. The van der Waals surface area contributed by atoms with E-state index in [2.05, 4.69) is 5.32 Å². The molecule has 0 aliphatic carbocycles. The first-order valence-corrected chi connectivity index (χ1v) is 7.59. The highest BCUT2D eigenvalue weighted by atomic mass is 32.2. The highest BCUT2D eigenvalue weighted by molar-refractivity contribution is 7.89. The molecule has 1 aliphatic heterocycles. The van der Waals surface area contributed by atoms with Crippen molar-refractivity contribution in [3.63, 3.8) is 0 Å². The molecule has 0 spiro atoms. The second-order valence-electron chi connectivity index (χ2n) is 4.61. The summed E-state index contributed by atoms with van der Waals surface area (Å²) in [7, 11) is -2.27. The molecule has 2 rings (SSSR count). The summed E-state index contributed by atoms with van der Waals surface area (Å²) in [6.07, 6.45) is 1.53. The van der Waals surface area contributed by atoms with Crippen molar-refractivity contribution in [2.45, 2.75) is 11.3 Å². The van der Waals surface area contributed by atoms with Crippen LogP contribution < -0.4 is 10.5 Å². The fourth-order valence-electron chi connectivity index (χ4n) is 2.03. The van der Waals surface area contributed by atoms with Gasteiger partial charge in [0, 0.05) is 39.3 Å². The van der Waals surface area contributed by atoms with E-state index in [1.54, 1.807) is 7.05 Å². The molecule has 0 radical (unpaired) electrons. The number of aromatic nitrogens is 1. The van der Waals surface area contributed by atoms with Crippen LogP contribution in [-0.2, 0) is 21.9 Å². The number of amides is 2. The van der Waals surface area contributed by atoms with Gasteiger partial charge in [-0.15, -0.1) is 0 Å². The highest BCUT2D eigenvalue weighted by Crippen LogP contribution is 2.14. The van der Waals surface area contributed by atoms with Crippen molar-refractivity contribution in [2.24, 2.45) is 12.2 Å². The average Bonchev–Trinajstić information content (AvgIpc) is 2.61. The van der Waals surface area contributed by atoms with E-state index < -0.39 is 10.0 Å². The second kappa shape index (κ2) is 5.25. The van der Waals surface area contributed by atoms with Gasteiger partial charge in [0.25, 0.3) is 5.91 Å². The first-order chi connectivity index (χ1) is 9.29. The third kappa shape index (κ3) is 2.99. The number of carbonyl (C=O) groups is 2. The molecule has 2 heterocycles. The van der Waals surface area contributed by atoms with Crippen molar-refractivity contribution in [1.29, 1.82) is 0 Å². The van der Waals surface area contributed by atoms with Crippen LogP contribution in [0.3, 0.4) is 0 Å². The topological polar surface area (TPSA) is 114 Å². The lowest BCUT2D eigenvalue weighted by molar-refractivity contribution is -0.120. The fraction of sp³-hybridized carbons (Fsp3) is 0.455. The van der Waals surface area contributed by atoms with Crippen LogP contribution in [0.5, 0.6) is 0 Å². The molecule has 3 N–H and O–H groups in total. The Kier molecular flexibility index (Phi) is 3.82. The third-order valence-corrected chi connectivity index (χ3v) is 4.01. The number of carbonyl (C=O) groups excluding carboxylic acids is 2. The molecule has 9 heteroatoms. The van der Waals surface area contributed by atoms with Gasteiger partial charge in [0.2, 0.25) is 15.9 Å². The van der Waals surface area contributed by atoms with Gasteiger partial charge >= 0.3 is 0 Å². The second-order valence-corrected chi connectivity index (χ2v) is 6.17. The number of rotatable bonds is 2. The summed E-state index contributed by atoms with van der Waals surface area (Å²) in [5, 5.41) is 7.71. The summed E-state index contributed by atoms with van der Waals surface area (Å²) >= 11 is 0. The van der Waals surface area contributed by atoms with E-state index in [4.69, 9.17) is 5.14 Å². The zero-order chi connectivity index (χ0) is 14.9. The maximum absolute atomic E-state index is 12.4. The molecule has 1 aromatic heterocycles. The van der Waals surface area contributed by atoms with Crippen molar-refractivity contribution in [3.8, 4) is 0 Å². The zero-order valence-electron chi connectivity index (χ0n) is 11.0. The smallest absolute Gasteiger partial charge is 0.270 e. The fourth-order valence-corrected chi connectivity index (χ4v) is 2.62. The highest BCUT2D eigenvalue weighted by Gasteiger charge is 2.23. The predicted molar refractivity (Wildman–Crippen MR) is 70.3 cm³/mol. The average molecular weight is 300 g/mol. The van der Waals surface area contributed by atoms with Crippen molar-refractivity contribution in [2.75, 3.05) is 19.6 Å². The number of hydrogen-bond acceptors (Lipinski definition) is 4. The maximum atomic E-state index is 12.4. The molecule has 8 nitrogen and oxygen atoms in total. The molecule has 2 amide bonds. The molecule has 20 heavy (non-hydrogen) atoms. The predicted octanol–water partition coefficient (Wildman–Crippen LogP) is -1.37. The van der Waals surface area contributed by atoms with E-state index in [1.807, 2.05) is 0 Å². The minimum atomic E-state index is -3.84. The Morgan fingerprint density at radius 3 is 2.70 bits per heavy atom. The molecule has 0 unspecified atom stereocenters. The molecule has 0 bridgehead atoms. The summed E-state index contributed by atoms with van der Waals surface area (Å²) in [5.41, 5.74) is 0.225. The van der Waals surface area contributed by atoms with Crippen molar-refractivity contribution in [3.05, 3.63) is 18.0 Å². The number of nitrogens with two attached hydrogens (primary N) is 1. The summed E-state index contributed by atoms with van der Waals surface area (Å²) in [5.74, 6) is -0.420. The van der Waals surface area contributed by atoms with Crippen molar-refractivity contribution < 1.29 is 18.0 Å². The van der Waals surface area contributed by atoms with Gasteiger partial charge in [0.15, 0.2) is 0 Å². The Bertz CT molecular complexity index is 649. The van der Waals surface area contributed by atoms with Gasteiger partial charge in [-0.3, -0.25) is 9.59 Å². The van der Waals surface area contributed by atoms with Gasteiger partial charge in [0.1, 0.15) is 10.6 Å². The van der Waals surface area contributed by atoms with E-state index in [1.165, 1.54) is 21.7 Å². The monoisotopic (exact) mass is 300 g/mol. The zero-order valence-corrected chi connectivity index (χ0v) is 11.8. The number of sulfonamides is 1. The minimum absolute atomic E-state index is 0.0996. The Morgan fingerprint density at radius 2 is 2.10 bits per heavy atom. The Labute approximate surface area is 116 Å². The normalized spacial score (nSPS) is 16.7. The molecule has 1 aromatic rings.